The predicted molar refractivity (Wildman–Crippen MR) is 152 cm³/mol. The highest BCUT2D eigenvalue weighted by atomic mass is 127. The summed E-state index contributed by atoms with van der Waals surface area (Å²) in [7, 11) is 2.21. The molecule has 0 radical (unpaired) electrons. The number of benzene rings is 1. The van der Waals surface area contributed by atoms with Crippen LogP contribution < -0.4 is 15.4 Å². The Hall–Kier alpha value is -1.06. The van der Waals surface area contributed by atoms with Crippen molar-refractivity contribution in [2.45, 2.75) is 66.5 Å². The lowest BCUT2D eigenvalue weighted by Crippen LogP contribution is -2.44. The average Bonchev–Trinajstić information content (AvgIpc) is 2.73. The summed E-state index contributed by atoms with van der Waals surface area (Å²) >= 11 is 0. The maximum absolute atomic E-state index is 6.29. The number of aliphatic imine (C=N–C) groups is 1. The third-order valence-corrected chi connectivity index (χ3v) is 5.90. The van der Waals surface area contributed by atoms with Crippen molar-refractivity contribution in [2.75, 3.05) is 52.9 Å². The number of hydrogen-bond acceptors (Lipinski definition) is 4. The maximum Gasteiger partial charge on any atom is 0.191 e. The van der Waals surface area contributed by atoms with Crippen molar-refractivity contribution in [3.63, 3.8) is 0 Å². The number of guanidine groups is 1. The number of rotatable bonds is 12. The Morgan fingerprint density at radius 3 is 2.48 bits per heavy atom. The number of piperazine rings is 1. The number of nitrogens with zero attached hydrogens (tertiary/aromatic N) is 3. The molecule has 0 saturated carbocycles. The largest absolute Gasteiger partial charge is 0.490 e. The molecule has 1 aromatic rings. The highest BCUT2D eigenvalue weighted by Gasteiger charge is 2.13. The van der Waals surface area contributed by atoms with E-state index in [0.29, 0.717) is 12.5 Å². The van der Waals surface area contributed by atoms with Gasteiger partial charge in [-0.05, 0) is 71.2 Å². The molecule has 1 saturated heterocycles. The summed E-state index contributed by atoms with van der Waals surface area (Å²) in [6.07, 6.45) is 3.63. The normalized spacial score (nSPS) is 16.4. The quantitative estimate of drug-likeness (QED) is 0.167. The Morgan fingerprint density at radius 2 is 1.82 bits per heavy atom. The van der Waals surface area contributed by atoms with Gasteiger partial charge >= 0.3 is 0 Å². The highest BCUT2D eigenvalue weighted by molar-refractivity contribution is 14.0. The van der Waals surface area contributed by atoms with Crippen LogP contribution in [0.15, 0.2) is 23.2 Å². The second-order valence-corrected chi connectivity index (χ2v) is 9.64. The second-order valence-electron chi connectivity index (χ2n) is 9.64. The molecule has 1 atom stereocenters. The fraction of sp³-hybridized carbons (Fsp3) is 0.731. The van der Waals surface area contributed by atoms with Gasteiger partial charge in [-0.2, -0.15) is 0 Å². The zero-order chi connectivity index (χ0) is 23.3. The van der Waals surface area contributed by atoms with Gasteiger partial charge in [0.25, 0.3) is 0 Å². The molecule has 190 valence electrons. The highest BCUT2D eigenvalue weighted by Crippen LogP contribution is 2.24. The van der Waals surface area contributed by atoms with E-state index in [1.165, 1.54) is 44.7 Å². The lowest BCUT2D eigenvalue weighted by molar-refractivity contribution is 0.152. The number of hydrogen-bond donors (Lipinski definition) is 2. The molecule has 0 amide bonds. The summed E-state index contributed by atoms with van der Waals surface area (Å²) < 4.78 is 6.29. The Morgan fingerprint density at radius 1 is 1.09 bits per heavy atom. The van der Waals surface area contributed by atoms with Crippen molar-refractivity contribution in [3.05, 3.63) is 29.3 Å². The van der Waals surface area contributed by atoms with Gasteiger partial charge in [0.15, 0.2) is 5.96 Å². The first-order valence-corrected chi connectivity index (χ1v) is 12.6. The van der Waals surface area contributed by atoms with Crippen LogP contribution in [0.25, 0.3) is 0 Å². The fourth-order valence-corrected chi connectivity index (χ4v) is 4.08. The fourth-order valence-electron chi connectivity index (χ4n) is 4.08. The summed E-state index contributed by atoms with van der Waals surface area (Å²) in [6.45, 7) is 19.2. The molecule has 1 aliphatic heterocycles. The van der Waals surface area contributed by atoms with E-state index in [9.17, 15) is 0 Å². The molecule has 2 rings (SSSR count). The van der Waals surface area contributed by atoms with Gasteiger partial charge in [0.2, 0.25) is 0 Å². The van der Waals surface area contributed by atoms with Crippen LogP contribution >= 0.6 is 24.0 Å². The molecule has 1 aliphatic rings. The number of likely N-dealkylation sites (N-methyl/N-ethyl adjacent to an activating group) is 1. The molecule has 1 heterocycles. The van der Waals surface area contributed by atoms with Gasteiger partial charge in [-0.3, -0.25) is 0 Å². The Kier molecular flexibility index (Phi) is 15.0. The summed E-state index contributed by atoms with van der Waals surface area (Å²) in [5, 5.41) is 6.88. The zero-order valence-corrected chi connectivity index (χ0v) is 24.2. The molecule has 0 spiro atoms. The van der Waals surface area contributed by atoms with Crippen molar-refractivity contribution in [1.82, 2.24) is 20.4 Å². The molecule has 1 fully saturated rings. The molecule has 6 nitrogen and oxygen atoms in total. The Bertz CT molecular complexity index is 689. The van der Waals surface area contributed by atoms with Gasteiger partial charge < -0.3 is 25.2 Å². The lowest BCUT2D eigenvalue weighted by Gasteiger charge is -2.32. The van der Waals surface area contributed by atoms with Crippen LogP contribution in [0.5, 0.6) is 5.75 Å². The van der Waals surface area contributed by atoms with Crippen LogP contribution in [0, 0.1) is 12.8 Å². The minimum absolute atomic E-state index is 0. The van der Waals surface area contributed by atoms with Gasteiger partial charge in [-0.1, -0.05) is 26.0 Å². The van der Waals surface area contributed by atoms with Crippen LogP contribution in [-0.4, -0.2) is 74.7 Å². The first kappa shape index (κ1) is 30.0. The average molecular weight is 574 g/mol. The number of halogens is 1. The van der Waals surface area contributed by atoms with Gasteiger partial charge in [0.05, 0.1) is 12.6 Å². The van der Waals surface area contributed by atoms with E-state index in [4.69, 9.17) is 9.73 Å². The van der Waals surface area contributed by atoms with E-state index in [0.717, 1.165) is 43.2 Å². The van der Waals surface area contributed by atoms with Crippen LogP contribution in [0.2, 0.25) is 0 Å². The number of nitrogens with one attached hydrogen (secondary N) is 2. The molecule has 0 bridgehead atoms. The molecule has 0 aliphatic carbocycles. The summed E-state index contributed by atoms with van der Waals surface area (Å²) in [5.41, 5.74) is 2.35. The zero-order valence-electron chi connectivity index (χ0n) is 21.8. The molecule has 1 aromatic carbocycles. The van der Waals surface area contributed by atoms with Crippen molar-refractivity contribution < 1.29 is 4.74 Å². The lowest BCUT2D eigenvalue weighted by atomic mass is 10.1. The topological polar surface area (TPSA) is 52.1 Å². The molecular weight excluding hydrogens is 525 g/mol. The van der Waals surface area contributed by atoms with Crippen molar-refractivity contribution in [3.8, 4) is 5.75 Å². The molecule has 1 unspecified atom stereocenters. The van der Waals surface area contributed by atoms with Crippen LogP contribution in [0.3, 0.4) is 0 Å². The van der Waals surface area contributed by atoms with Crippen molar-refractivity contribution >= 4 is 29.9 Å². The monoisotopic (exact) mass is 573 g/mol. The third kappa shape index (κ3) is 12.3. The van der Waals surface area contributed by atoms with Crippen LogP contribution in [0.1, 0.15) is 58.1 Å². The molecular formula is C26H48IN5O. The summed E-state index contributed by atoms with van der Waals surface area (Å²) in [5.74, 6) is 2.47. The van der Waals surface area contributed by atoms with E-state index in [-0.39, 0.29) is 30.1 Å². The van der Waals surface area contributed by atoms with E-state index in [2.05, 4.69) is 80.3 Å². The minimum Gasteiger partial charge on any atom is -0.490 e. The summed E-state index contributed by atoms with van der Waals surface area (Å²) in [6, 6.07) is 6.43. The molecule has 0 aromatic heterocycles. The van der Waals surface area contributed by atoms with E-state index < -0.39 is 0 Å². The van der Waals surface area contributed by atoms with Crippen LogP contribution in [-0.2, 0) is 6.54 Å². The first-order valence-electron chi connectivity index (χ1n) is 12.6. The van der Waals surface area contributed by atoms with E-state index in [1.807, 2.05) is 0 Å². The molecule has 33 heavy (non-hydrogen) atoms. The third-order valence-electron chi connectivity index (χ3n) is 5.90. The van der Waals surface area contributed by atoms with E-state index >= 15 is 0 Å². The first-order chi connectivity index (χ1) is 15.4. The van der Waals surface area contributed by atoms with Crippen LogP contribution in [0.4, 0.5) is 0 Å². The van der Waals surface area contributed by atoms with Gasteiger partial charge in [0, 0.05) is 44.8 Å². The van der Waals surface area contributed by atoms with Gasteiger partial charge in [-0.25, -0.2) is 4.99 Å². The second kappa shape index (κ2) is 16.5. The predicted octanol–water partition coefficient (Wildman–Crippen LogP) is 4.51. The smallest absolute Gasteiger partial charge is 0.191 e. The Balaban J connectivity index is 0.00000544. The molecule has 2 N–H and O–H groups in total. The van der Waals surface area contributed by atoms with Crippen molar-refractivity contribution in [2.24, 2.45) is 10.9 Å². The number of aryl methyl sites for hydroxylation is 1. The molecule has 7 heteroatoms. The number of unbranched alkanes of at least 4 members (excludes halogenated alkanes) is 1. The van der Waals surface area contributed by atoms with Gasteiger partial charge in [0.1, 0.15) is 5.75 Å². The van der Waals surface area contributed by atoms with Crippen molar-refractivity contribution in [1.29, 1.82) is 0 Å². The standard InChI is InChI=1S/C26H47N5O.HI/c1-7-27-26(28-12-8-9-13-31-16-14-30(6)15-17-31)29-20-24-11-10-22(4)19-25(24)32-23(5)18-21(2)3;/h10-11,19,21,23H,7-9,12-18,20H2,1-6H3,(H2,27,28,29);1H. The van der Waals surface area contributed by atoms with Gasteiger partial charge in [-0.15, -0.1) is 24.0 Å². The van der Waals surface area contributed by atoms with E-state index in [1.54, 1.807) is 0 Å². The minimum atomic E-state index is 0. The maximum atomic E-state index is 6.29. The number of ether oxygens (including phenoxy) is 1. The summed E-state index contributed by atoms with van der Waals surface area (Å²) in [4.78, 5) is 9.83. The SMILES string of the molecule is CCNC(=NCc1ccc(C)cc1OC(C)CC(C)C)NCCCCN1CCN(C)CC1.I. The Labute approximate surface area is 219 Å².